The van der Waals surface area contributed by atoms with E-state index in [1.165, 1.54) is 0 Å². The summed E-state index contributed by atoms with van der Waals surface area (Å²) in [5.41, 5.74) is 1.42. The molecule has 0 saturated carbocycles. The molecule has 0 unspecified atom stereocenters. The molecule has 0 N–H and O–H groups in total. The largest absolute Gasteiger partial charge is 0.241 e. The van der Waals surface area contributed by atoms with Crippen LogP contribution in [0.1, 0.15) is 13.8 Å². The van der Waals surface area contributed by atoms with Gasteiger partial charge in [0.2, 0.25) is 0 Å². The highest BCUT2D eigenvalue weighted by molar-refractivity contribution is 5.56. The molecule has 0 aliphatic heterocycles. The van der Waals surface area contributed by atoms with Crippen LogP contribution in [0.15, 0.2) is 55.1 Å². The Morgan fingerprint density at radius 1 is 0.600 bits per heavy atom. The number of hydrogen-bond donors (Lipinski definition) is 0. The first-order valence-electron chi connectivity index (χ1n) is 6.45. The quantitative estimate of drug-likeness (QED) is 0.712. The van der Waals surface area contributed by atoms with E-state index in [4.69, 9.17) is 0 Å². The number of hydrogen-bond acceptors (Lipinski definition) is 5. The zero-order valence-electron chi connectivity index (χ0n) is 11.4. The molecule has 0 atom stereocenters. The van der Waals surface area contributed by atoms with Crippen molar-refractivity contribution in [2.45, 2.75) is 13.8 Å². The van der Waals surface area contributed by atoms with Crippen molar-refractivity contribution in [3.63, 3.8) is 0 Å². The van der Waals surface area contributed by atoms with Gasteiger partial charge in [-0.05, 0) is 24.3 Å². The Hall–Kier alpha value is -2.69. The molecular formula is C15H15N5. The Balaban J connectivity index is 0.000000704. The summed E-state index contributed by atoms with van der Waals surface area (Å²) in [6, 6.07) is 9.16. The van der Waals surface area contributed by atoms with Gasteiger partial charge in [-0.2, -0.15) is 0 Å². The minimum atomic E-state index is 0.593. The zero-order chi connectivity index (χ0) is 14.2. The third-order valence-corrected chi connectivity index (χ3v) is 2.34. The highest BCUT2D eigenvalue weighted by atomic mass is 14.9. The van der Waals surface area contributed by atoms with E-state index in [1.54, 1.807) is 36.9 Å². The molecular weight excluding hydrogens is 250 g/mol. The molecule has 0 radical (unpaired) electrons. The van der Waals surface area contributed by atoms with Crippen LogP contribution in [0.25, 0.3) is 23.0 Å². The molecule has 0 saturated heterocycles. The molecule has 0 spiro atoms. The van der Waals surface area contributed by atoms with Gasteiger partial charge in [-0.3, -0.25) is 0 Å². The fourth-order valence-corrected chi connectivity index (χ4v) is 1.55. The van der Waals surface area contributed by atoms with Crippen molar-refractivity contribution in [3.8, 4) is 23.0 Å². The topological polar surface area (TPSA) is 64.5 Å². The summed E-state index contributed by atoms with van der Waals surface area (Å²) in [6.07, 6.45) is 6.76. The van der Waals surface area contributed by atoms with Gasteiger partial charge in [-0.25, -0.2) is 24.9 Å². The summed E-state index contributed by atoms with van der Waals surface area (Å²) in [7, 11) is 0. The maximum absolute atomic E-state index is 4.46. The van der Waals surface area contributed by atoms with Gasteiger partial charge in [0.25, 0.3) is 0 Å². The fourth-order valence-electron chi connectivity index (χ4n) is 1.55. The van der Waals surface area contributed by atoms with Gasteiger partial charge in [0, 0.05) is 24.8 Å². The predicted molar refractivity (Wildman–Crippen MR) is 77.6 cm³/mol. The minimum Gasteiger partial charge on any atom is -0.241 e. The van der Waals surface area contributed by atoms with E-state index >= 15 is 0 Å². The highest BCUT2D eigenvalue weighted by Gasteiger charge is 2.06. The lowest BCUT2D eigenvalue weighted by atomic mass is 10.2. The van der Waals surface area contributed by atoms with Gasteiger partial charge >= 0.3 is 0 Å². The van der Waals surface area contributed by atoms with Crippen molar-refractivity contribution in [1.82, 2.24) is 24.9 Å². The van der Waals surface area contributed by atoms with Crippen LogP contribution in [0.4, 0.5) is 0 Å². The van der Waals surface area contributed by atoms with E-state index in [0.717, 1.165) is 0 Å². The summed E-state index contributed by atoms with van der Waals surface area (Å²) >= 11 is 0. The van der Waals surface area contributed by atoms with Gasteiger partial charge in [0.1, 0.15) is 11.4 Å². The molecule has 0 amide bonds. The number of rotatable bonds is 2. The highest BCUT2D eigenvalue weighted by Crippen LogP contribution is 2.16. The van der Waals surface area contributed by atoms with Crippen molar-refractivity contribution in [2.24, 2.45) is 0 Å². The molecule has 0 aliphatic rings. The molecule has 0 bridgehead atoms. The molecule has 0 aromatic carbocycles. The first-order chi connectivity index (χ1) is 9.93. The maximum atomic E-state index is 4.46. The Morgan fingerprint density at radius 2 is 1.00 bits per heavy atom. The zero-order valence-corrected chi connectivity index (χ0v) is 11.4. The van der Waals surface area contributed by atoms with Crippen molar-refractivity contribution in [3.05, 3.63) is 55.1 Å². The monoisotopic (exact) mass is 265 g/mol. The standard InChI is InChI=1S/C13H9N5.C2H6/c1-4-10(12-14-6-2-7-15-12)18-11(5-1)13-16-8-3-9-17-13;1-2/h1-9H;1-2H3. The molecule has 3 aromatic heterocycles. The molecule has 0 aliphatic carbocycles. The van der Waals surface area contributed by atoms with Crippen LogP contribution in [0.5, 0.6) is 0 Å². The summed E-state index contributed by atoms with van der Waals surface area (Å²) in [5.74, 6) is 1.19. The molecule has 3 heterocycles. The molecule has 3 aromatic rings. The lowest BCUT2D eigenvalue weighted by Gasteiger charge is -2.01. The SMILES string of the molecule is CC.c1cnc(-c2cccc(-c3ncccn3)n2)nc1. The van der Waals surface area contributed by atoms with Crippen LogP contribution in [0, 0.1) is 0 Å². The maximum Gasteiger partial charge on any atom is 0.178 e. The molecule has 20 heavy (non-hydrogen) atoms. The van der Waals surface area contributed by atoms with Gasteiger partial charge in [-0.1, -0.05) is 19.9 Å². The lowest BCUT2D eigenvalue weighted by molar-refractivity contribution is 1.11. The average molecular weight is 265 g/mol. The molecule has 100 valence electrons. The van der Waals surface area contributed by atoms with Crippen molar-refractivity contribution in [1.29, 1.82) is 0 Å². The second-order valence-electron chi connectivity index (χ2n) is 3.55. The molecule has 5 heteroatoms. The summed E-state index contributed by atoms with van der Waals surface area (Å²) in [4.78, 5) is 21.1. The van der Waals surface area contributed by atoms with Gasteiger partial charge in [-0.15, -0.1) is 0 Å². The van der Waals surface area contributed by atoms with Gasteiger partial charge in [0.15, 0.2) is 11.6 Å². The Bertz CT molecular complexity index is 586. The van der Waals surface area contributed by atoms with E-state index in [-0.39, 0.29) is 0 Å². The first-order valence-corrected chi connectivity index (χ1v) is 6.45. The fraction of sp³-hybridized carbons (Fsp3) is 0.133. The molecule has 3 rings (SSSR count). The van der Waals surface area contributed by atoms with E-state index in [2.05, 4.69) is 24.9 Å². The molecule has 5 nitrogen and oxygen atoms in total. The van der Waals surface area contributed by atoms with E-state index < -0.39 is 0 Å². The summed E-state index contributed by atoms with van der Waals surface area (Å²) in [5, 5.41) is 0. The summed E-state index contributed by atoms with van der Waals surface area (Å²) in [6.45, 7) is 4.00. The van der Waals surface area contributed by atoms with Crippen LogP contribution in [-0.2, 0) is 0 Å². The average Bonchev–Trinajstić information content (AvgIpc) is 2.58. The van der Waals surface area contributed by atoms with Crippen LogP contribution >= 0.6 is 0 Å². The van der Waals surface area contributed by atoms with Crippen molar-refractivity contribution < 1.29 is 0 Å². The second kappa shape index (κ2) is 7.04. The van der Waals surface area contributed by atoms with Gasteiger partial charge < -0.3 is 0 Å². The van der Waals surface area contributed by atoms with E-state index in [1.807, 2.05) is 32.0 Å². The van der Waals surface area contributed by atoms with E-state index in [9.17, 15) is 0 Å². The molecule has 0 fully saturated rings. The van der Waals surface area contributed by atoms with Crippen molar-refractivity contribution in [2.75, 3.05) is 0 Å². The Labute approximate surface area is 117 Å². The minimum absolute atomic E-state index is 0.593. The number of pyridine rings is 1. The third-order valence-electron chi connectivity index (χ3n) is 2.34. The second-order valence-corrected chi connectivity index (χ2v) is 3.55. The van der Waals surface area contributed by atoms with E-state index in [0.29, 0.717) is 23.0 Å². The predicted octanol–water partition coefficient (Wildman–Crippen LogP) is 3.02. The van der Waals surface area contributed by atoms with Crippen LogP contribution < -0.4 is 0 Å². The first kappa shape index (κ1) is 13.7. The number of nitrogens with zero attached hydrogens (tertiary/aromatic N) is 5. The lowest BCUT2D eigenvalue weighted by Crippen LogP contribution is -1.94. The summed E-state index contributed by atoms with van der Waals surface area (Å²) < 4.78 is 0. The van der Waals surface area contributed by atoms with Crippen molar-refractivity contribution >= 4 is 0 Å². The van der Waals surface area contributed by atoms with Gasteiger partial charge in [0.05, 0.1) is 0 Å². The van der Waals surface area contributed by atoms with Crippen LogP contribution in [0.3, 0.4) is 0 Å². The Kier molecular flexibility index (Phi) is 4.83. The normalized spacial score (nSPS) is 9.50. The van der Waals surface area contributed by atoms with Crippen LogP contribution in [0.2, 0.25) is 0 Å². The Morgan fingerprint density at radius 3 is 1.40 bits per heavy atom. The van der Waals surface area contributed by atoms with Crippen LogP contribution in [-0.4, -0.2) is 24.9 Å². The smallest absolute Gasteiger partial charge is 0.178 e. The third kappa shape index (κ3) is 3.20. The number of aromatic nitrogens is 5.